The van der Waals surface area contributed by atoms with Crippen molar-refractivity contribution in [3.63, 3.8) is 0 Å². The van der Waals surface area contributed by atoms with E-state index in [0.29, 0.717) is 16.7 Å². The molecule has 25 heavy (non-hydrogen) atoms. The largest absolute Gasteiger partial charge is 0.446 e. The van der Waals surface area contributed by atoms with Crippen molar-refractivity contribution in [2.24, 2.45) is 0 Å². The van der Waals surface area contributed by atoms with E-state index in [1.54, 1.807) is 55.5 Å². The summed E-state index contributed by atoms with van der Waals surface area (Å²) in [5, 5.41) is 0.612. The van der Waals surface area contributed by atoms with Gasteiger partial charge in [0.05, 0.1) is 4.90 Å². The number of nitrogens with zero attached hydrogens (tertiary/aromatic N) is 1. The van der Waals surface area contributed by atoms with Gasteiger partial charge in [0, 0.05) is 24.1 Å². The summed E-state index contributed by atoms with van der Waals surface area (Å²) in [5.74, 6) is 1.28. The first-order valence-corrected chi connectivity index (χ1v) is 9.50. The Labute approximate surface area is 151 Å². The van der Waals surface area contributed by atoms with Gasteiger partial charge in [-0.2, -0.15) is 0 Å². The summed E-state index contributed by atoms with van der Waals surface area (Å²) in [4.78, 5) is 4.51. The maximum Gasteiger partial charge on any atom is 0.240 e. The van der Waals surface area contributed by atoms with E-state index in [4.69, 9.17) is 16.0 Å². The molecular weight excluding hydrogens is 360 g/mol. The topological polar surface area (TPSA) is 72.2 Å². The van der Waals surface area contributed by atoms with Gasteiger partial charge in [-0.15, -0.1) is 0 Å². The molecule has 2 aromatic carbocycles. The van der Waals surface area contributed by atoms with Crippen LogP contribution in [0.25, 0.3) is 11.3 Å². The molecule has 1 heterocycles. The normalized spacial score (nSPS) is 11.6. The molecule has 1 N–H and O–H groups in total. The Morgan fingerprint density at radius 3 is 2.24 bits per heavy atom. The van der Waals surface area contributed by atoms with E-state index in [9.17, 15) is 8.42 Å². The van der Waals surface area contributed by atoms with Crippen LogP contribution in [-0.4, -0.2) is 13.4 Å². The fourth-order valence-corrected chi connectivity index (χ4v) is 3.60. The van der Waals surface area contributed by atoms with Gasteiger partial charge in [-0.05, 0) is 36.8 Å². The van der Waals surface area contributed by atoms with Gasteiger partial charge in [-0.3, -0.25) is 0 Å². The number of benzene rings is 2. The molecule has 0 radical (unpaired) electrons. The molecule has 0 atom stereocenters. The molecule has 3 aromatic rings. The van der Waals surface area contributed by atoms with Crippen LogP contribution >= 0.6 is 11.6 Å². The number of hydrogen-bond acceptors (Lipinski definition) is 4. The first-order chi connectivity index (χ1) is 11.8. The highest BCUT2D eigenvalue weighted by Gasteiger charge is 2.15. The van der Waals surface area contributed by atoms with Crippen molar-refractivity contribution in [3.05, 3.63) is 70.8 Å². The van der Waals surface area contributed by atoms with Gasteiger partial charge >= 0.3 is 0 Å². The van der Waals surface area contributed by atoms with Crippen LogP contribution in [0.2, 0.25) is 5.02 Å². The third kappa shape index (κ3) is 4.10. The second-order valence-electron chi connectivity index (χ2n) is 5.61. The van der Waals surface area contributed by atoms with Crippen molar-refractivity contribution in [2.45, 2.75) is 25.3 Å². The lowest BCUT2D eigenvalue weighted by atomic mass is 10.1. The zero-order valence-corrected chi connectivity index (χ0v) is 15.4. The van der Waals surface area contributed by atoms with Crippen molar-refractivity contribution in [1.29, 1.82) is 0 Å². The summed E-state index contributed by atoms with van der Waals surface area (Å²) in [6.45, 7) is 3.80. The molecule has 1 aromatic heterocycles. The van der Waals surface area contributed by atoms with E-state index in [1.165, 1.54) is 0 Å². The Bertz CT molecular complexity index is 978. The average molecular weight is 377 g/mol. The average Bonchev–Trinajstić information content (AvgIpc) is 2.93. The van der Waals surface area contributed by atoms with E-state index in [1.807, 2.05) is 6.92 Å². The van der Waals surface area contributed by atoms with Crippen molar-refractivity contribution in [1.82, 2.24) is 9.71 Å². The molecule has 130 valence electrons. The highest BCUT2D eigenvalue weighted by Crippen LogP contribution is 2.24. The molecule has 0 amide bonds. The minimum Gasteiger partial charge on any atom is -0.446 e. The number of oxazole rings is 1. The number of hydrogen-bond donors (Lipinski definition) is 1. The lowest BCUT2D eigenvalue weighted by Crippen LogP contribution is -2.23. The van der Waals surface area contributed by atoms with E-state index in [2.05, 4.69) is 9.71 Å². The molecule has 0 unspecified atom stereocenters. The van der Waals surface area contributed by atoms with Crippen LogP contribution in [0.4, 0.5) is 0 Å². The number of aromatic nitrogens is 1. The summed E-state index contributed by atoms with van der Waals surface area (Å²) < 4.78 is 32.8. The van der Waals surface area contributed by atoms with Gasteiger partial charge < -0.3 is 4.42 Å². The molecule has 0 saturated heterocycles. The first-order valence-electron chi connectivity index (χ1n) is 7.64. The summed E-state index contributed by atoms with van der Waals surface area (Å²) in [6, 6.07) is 13.6. The number of sulfonamides is 1. The SMILES string of the molecule is Cc1nc(-c2ccc(S(=O)(=O)NCc3ccc(Cl)cc3)cc2)c(C)o1. The molecule has 0 saturated carbocycles. The zero-order valence-electron chi connectivity index (χ0n) is 13.8. The molecule has 0 bridgehead atoms. The van der Waals surface area contributed by atoms with E-state index in [-0.39, 0.29) is 11.4 Å². The standard InChI is InChI=1S/C18H17ClN2O3S/c1-12-18(21-13(2)24-12)15-5-9-17(10-6-15)25(22,23)20-11-14-3-7-16(19)8-4-14/h3-10,20H,11H2,1-2H3. The molecule has 3 rings (SSSR count). The summed E-state index contributed by atoms with van der Waals surface area (Å²) in [5.41, 5.74) is 2.36. The van der Waals surface area contributed by atoms with Crippen LogP contribution in [0.3, 0.4) is 0 Å². The zero-order chi connectivity index (χ0) is 18.0. The molecule has 0 aliphatic rings. The van der Waals surface area contributed by atoms with Gasteiger partial charge in [0.25, 0.3) is 0 Å². The lowest BCUT2D eigenvalue weighted by molar-refractivity contribution is 0.495. The lowest BCUT2D eigenvalue weighted by Gasteiger charge is -2.08. The van der Waals surface area contributed by atoms with Crippen molar-refractivity contribution in [2.75, 3.05) is 0 Å². The maximum absolute atomic E-state index is 12.4. The highest BCUT2D eigenvalue weighted by atomic mass is 35.5. The van der Waals surface area contributed by atoms with Crippen LogP contribution in [0.5, 0.6) is 0 Å². The van der Waals surface area contributed by atoms with Gasteiger partial charge in [0.2, 0.25) is 10.0 Å². The molecule has 0 aliphatic carbocycles. The smallest absolute Gasteiger partial charge is 0.240 e. The molecule has 5 nitrogen and oxygen atoms in total. The molecule has 0 fully saturated rings. The van der Waals surface area contributed by atoms with Crippen molar-refractivity contribution < 1.29 is 12.8 Å². The molecular formula is C18H17ClN2O3S. The Morgan fingerprint density at radius 2 is 1.68 bits per heavy atom. The number of rotatable bonds is 5. The Hall–Kier alpha value is -2.15. The van der Waals surface area contributed by atoms with Crippen LogP contribution in [0, 0.1) is 13.8 Å². The van der Waals surface area contributed by atoms with Crippen LogP contribution < -0.4 is 4.72 Å². The highest BCUT2D eigenvalue weighted by molar-refractivity contribution is 7.89. The van der Waals surface area contributed by atoms with Gasteiger partial charge in [-0.25, -0.2) is 18.1 Å². The number of nitrogens with one attached hydrogen (secondary N) is 1. The quantitative estimate of drug-likeness (QED) is 0.727. The Balaban J connectivity index is 1.76. The third-order valence-corrected chi connectivity index (χ3v) is 5.39. The first kappa shape index (κ1) is 17.7. The van der Waals surface area contributed by atoms with E-state index in [0.717, 1.165) is 16.8 Å². The molecule has 0 spiro atoms. The minimum atomic E-state index is -3.60. The molecule has 0 aliphatic heterocycles. The van der Waals surface area contributed by atoms with Crippen molar-refractivity contribution >= 4 is 21.6 Å². The van der Waals surface area contributed by atoms with Crippen LogP contribution in [0.1, 0.15) is 17.2 Å². The maximum atomic E-state index is 12.4. The Morgan fingerprint density at radius 1 is 1.04 bits per heavy atom. The van der Waals surface area contributed by atoms with Gasteiger partial charge in [0.1, 0.15) is 11.5 Å². The monoisotopic (exact) mass is 376 g/mol. The number of aryl methyl sites for hydroxylation is 2. The predicted octanol–water partition coefficient (Wildman–Crippen LogP) is 4.09. The summed E-state index contributed by atoms with van der Waals surface area (Å²) in [6.07, 6.45) is 0. The van der Waals surface area contributed by atoms with Gasteiger partial charge in [-0.1, -0.05) is 35.9 Å². The summed E-state index contributed by atoms with van der Waals surface area (Å²) >= 11 is 5.83. The van der Waals surface area contributed by atoms with Gasteiger partial charge in [0.15, 0.2) is 5.89 Å². The molecule has 7 heteroatoms. The van der Waals surface area contributed by atoms with Crippen LogP contribution in [-0.2, 0) is 16.6 Å². The second kappa shape index (κ2) is 7.00. The van der Waals surface area contributed by atoms with Crippen molar-refractivity contribution in [3.8, 4) is 11.3 Å². The minimum absolute atomic E-state index is 0.197. The van der Waals surface area contributed by atoms with Crippen LogP contribution in [0.15, 0.2) is 57.8 Å². The fraction of sp³-hybridized carbons (Fsp3) is 0.167. The van der Waals surface area contributed by atoms with E-state index >= 15 is 0 Å². The second-order valence-corrected chi connectivity index (χ2v) is 7.82. The summed E-state index contributed by atoms with van der Waals surface area (Å²) in [7, 11) is -3.60. The van der Waals surface area contributed by atoms with E-state index < -0.39 is 10.0 Å². The number of halogens is 1. The predicted molar refractivity (Wildman–Crippen MR) is 96.9 cm³/mol. The Kier molecular flexibility index (Phi) is 4.94. The third-order valence-electron chi connectivity index (χ3n) is 3.72. The fourth-order valence-electron chi connectivity index (χ4n) is 2.45.